The molecule has 2 nitrogen and oxygen atoms in total. The van der Waals surface area contributed by atoms with Crippen LogP contribution in [0.1, 0.15) is 31.2 Å². The molecule has 0 fully saturated rings. The fourth-order valence-corrected chi connectivity index (χ4v) is 1.39. The van der Waals surface area contributed by atoms with Gasteiger partial charge in [0, 0.05) is 6.61 Å². The lowest BCUT2D eigenvalue weighted by molar-refractivity contribution is 0.273. The minimum absolute atomic E-state index is 0.304. The Morgan fingerprint density at radius 1 is 1.00 bits per heavy atom. The van der Waals surface area contributed by atoms with Crippen LogP contribution in [0.3, 0.4) is 0 Å². The summed E-state index contributed by atoms with van der Waals surface area (Å²) in [5.41, 5.74) is 1.25. The zero-order chi connectivity index (χ0) is 10.9. The highest BCUT2D eigenvalue weighted by Gasteiger charge is 1.93. The van der Waals surface area contributed by atoms with Crippen LogP contribution in [0.25, 0.3) is 0 Å². The molecule has 0 bridgehead atoms. The molecule has 1 aromatic carbocycles. The maximum atomic E-state index is 8.60. The quantitative estimate of drug-likeness (QED) is 0.698. The lowest BCUT2D eigenvalue weighted by Crippen LogP contribution is -1.97. The molecule has 84 valence electrons. The fourth-order valence-electron chi connectivity index (χ4n) is 1.39. The first kappa shape index (κ1) is 12.1. The van der Waals surface area contributed by atoms with Crippen molar-refractivity contribution in [1.29, 1.82) is 0 Å². The van der Waals surface area contributed by atoms with Gasteiger partial charge in [-0.3, -0.25) is 0 Å². The summed E-state index contributed by atoms with van der Waals surface area (Å²) in [5.74, 6) is 0.947. The third kappa shape index (κ3) is 5.43. The molecule has 0 spiro atoms. The molecule has 0 aliphatic carbocycles. The zero-order valence-corrected chi connectivity index (χ0v) is 9.41. The van der Waals surface area contributed by atoms with Crippen molar-refractivity contribution in [2.24, 2.45) is 0 Å². The van der Waals surface area contributed by atoms with Crippen molar-refractivity contribution >= 4 is 0 Å². The number of ether oxygens (including phenoxy) is 1. The lowest BCUT2D eigenvalue weighted by Gasteiger charge is -2.05. The van der Waals surface area contributed by atoms with Crippen LogP contribution in [0.2, 0.25) is 0 Å². The van der Waals surface area contributed by atoms with Crippen molar-refractivity contribution in [2.45, 2.75) is 32.6 Å². The molecular formula is C13H20O2. The molecule has 0 aliphatic heterocycles. The van der Waals surface area contributed by atoms with E-state index in [1.807, 2.05) is 12.1 Å². The first-order valence-corrected chi connectivity index (χ1v) is 5.63. The molecule has 2 heteroatoms. The Morgan fingerprint density at radius 2 is 1.67 bits per heavy atom. The summed E-state index contributed by atoms with van der Waals surface area (Å²) in [5, 5.41) is 8.60. The topological polar surface area (TPSA) is 29.5 Å². The molecule has 1 rings (SSSR count). The van der Waals surface area contributed by atoms with E-state index in [9.17, 15) is 0 Å². The molecule has 0 heterocycles. The van der Waals surface area contributed by atoms with Gasteiger partial charge < -0.3 is 9.84 Å². The standard InChI is InChI=1S/C13H20O2/c1-12-6-8-13(9-7-12)15-11-5-3-2-4-10-14/h6-9,14H,2-5,10-11H2,1H3. The fraction of sp³-hybridized carbons (Fsp3) is 0.538. The van der Waals surface area contributed by atoms with Crippen molar-refractivity contribution < 1.29 is 9.84 Å². The number of aliphatic hydroxyl groups excluding tert-OH is 1. The Hall–Kier alpha value is -1.02. The molecule has 0 aliphatic rings. The minimum Gasteiger partial charge on any atom is -0.494 e. The zero-order valence-electron chi connectivity index (χ0n) is 9.41. The van der Waals surface area contributed by atoms with Crippen molar-refractivity contribution in [2.75, 3.05) is 13.2 Å². The maximum absolute atomic E-state index is 8.60. The highest BCUT2D eigenvalue weighted by atomic mass is 16.5. The van der Waals surface area contributed by atoms with Crippen molar-refractivity contribution in [3.8, 4) is 5.75 Å². The molecule has 0 saturated heterocycles. The molecule has 0 unspecified atom stereocenters. The van der Waals surface area contributed by atoms with E-state index in [1.54, 1.807) is 0 Å². The number of benzene rings is 1. The van der Waals surface area contributed by atoms with Gasteiger partial charge in [0.15, 0.2) is 0 Å². The van der Waals surface area contributed by atoms with Gasteiger partial charge in [0.1, 0.15) is 5.75 Å². The van der Waals surface area contributed by atoms with Gasteiger partial charge in [0.2, 0.25) is 0 Å². The monoisotopic (exact) mass is 208 g/mol. The van der Waals surface area contributed by atoms with E-state index in [0.29, 0.717) is 6.61 Å². The number of rotatable bonds is 7. The smallest absolute Gasteiger partial charge is 0.119 e. The Morgan fingerprint density at radius 3 is 2.33 bits per heavy atom. The van der Waals surface area contributed by atoms with E-state index in [2.05, 4.69) is 19.1 Å². The van der Waals surface area contributed by atoms with Gasteiger partial charge in [-0.2, -0.15) is 0 Å². The number of unbranched alkanes of at least 4 members (excludes halogenated alkanes) is 3. The summed E-state index contributed by atoms with van der Waals surface area (Å²) in [6.07, 6.45) is 4.19. The molecule has 0 saturated carbocycles. The molecule has 0 amide bonds. The Kier molecular flexibility index (Phi) is 5.86. The molecule has 15 heavy (non-hydrogen) atoms. The van der Waals surface area contributed by atoms with Crippen LogP contribution >= 0.6 is 0 Å². The predicted molar refractivity (Wildman–Crippen MR) is 62.2 cm³/mol. The largest absolute Gasteiger partial charge is 0.494 e. The highest BCUT2D eigenvalue weighted by molar-refractivity contribution is 5.26. The van der Waals surface area contributed by atoms with Gasteiger partial charge in [0.25, 0.3) is 0 Å². The second kappa shape index (κ2) is 7.30. The van der Waals surface area contributed by atoms with Crippen molar-refractivity contribution in [1.82, 2.24) is 0 Å². The van der Waals surface area contributed by atoms with Crippen molar-refractivity contribution in [3.05, 3.63) is 29.8 Å². The average molecular weight is 208 g/mol. The summed E-state index contributed by atoms with van der Waals surface area (Å²) in [6.45, 7) is 3.14. The SMILES string of the molecule is Cc1ccc(OCCCCCCO)cc1. The molecule has 0 atom stereocenters. The second-order valence-electron chi connectivity index (χ2n) is 3.80. The van der Waals surface area contributed by atoms with Crippen LogP contribution in [-0.4, -0.2) is 18.3 Å². The third-order valence-electron chi connectivity index (χ3n) is 2.34. The highest BCUT2D eigenvalue weighted by Crippen LogP contribution is 2.12. The summed E-state index contributed by atoms with van der Waals surface area (Å²) < 4.78 is 5.58. The minimum atomic E-state index is 0.304. The summed E-state index contributed by atoms with van der Waals surface area (Å²) in [6, 6.07) is 8.12. The number of hydrogen-bond acceptors (Lipinski definition) is 2. The normalized spacial score (nSPS) is 10.3. The number of aryl methyl sites for hydroxylation is 1. The molecule has 0 aromatic heterocycles. The van der Waals surface area contributed by atoms with E-state index >= 15 is 0 Å². The predicted octanol–water partition coefficient (Wildman–Crippen LogP) is 2.93. The van der Waals surface area contributed by atoms with Crippen LogP contribution < -0.4 is 4.74 Å². The Labute approximate surface area is 91.9 Å². The van der Waals surface area contributed by atoms with Crippen molar-refractivity contribution in [3.63, 3.8) is 0 Å². The van der Waals surface area contributed by atoms with Gasteiger partial charge in [-0.1, -0.05) is 24.1 Å². The number of hydrogen-bond donors (Lipinski definition) is 1. The van der Waals surface area contributed by atoms with E-state index in [0.717, 1.165) is 38.0 Å². The third-order valence-corrected chi connectivity index (χ3v) is 2.34. The van der Waals surface area contributed by atoms with Gasteiger partial charge in [-0.05, 0) is 38.3 Å². The van der Waals surface area contributed by atoms with Gasteiger partial charge >= 0.3 is 0 Å². The maximum Gasteiger partial charge on any atom is 0.119 e. The molecule has 1 aromatic rings. The van der Waals surface area contributed by atoms with E-state index in [4.69, 9.17) is 9.84 Å². The number of aliphatic hydroxyl groups is 1. The molecule has 0 radical (unpaired) electrons. The van der Waals surface area contributed by atoms with Crippen LogP contribution in [-0.2, 0) is 0 Å². The van der Waals surface area contributed by atoms with E-state index in [1.165, 1.54) is 5.56 Å². The van der Waals surface area contributed by atoms with Crippen LogP contribution in [0.5, 0.6) is 5.75 Å². The van der Waals surface area contributed by atoms with Gasteiger partial charge in [-0.15, -0.1) is 0 Å². The average Bonchev–Trinajstić information content (AvgIpc) is 2.26. The Bertz CT molecular complexity index is 254. The van der Waals surface area contributed by atoms with Gasteiger partial charge in [-0.25, -0.2) is 0 Å². The second-order valence-corrected chi connectivity index (χ2v) is 3.80. The summed E-state index contributed by atoms with van der Waals surface area (Å²) >= 11 is 0. The van der Waals surface area contributed by atoms with Crippen LogP contribution in [0.4, 0.5) is 0 Å². The molecular weight excluding hydrogens is 188 g/mol. The molecule has 1 N–H and O–H groups in total. The van der Waals surface area contributed by atoms with Crippen LogP contribution in [0.15, 0.2) is 24.3 Å². The van der Waals surface area contributed by atoms with E-state index < -0.39 is 0 Å². The first-order valence-electron chi connectivity index (χ1n) is 5.63. The Balaban J connectivity index is 2.07. The van der Waals surface area contributed by atoms with Crippen LogP contribution in [0, 0.1) is 6.92 Å². The summed E-state index contributed by atoms with van der Waals surface area (Å²) in [4.78, 5) is 0. The summed E-state index contributed by atoms with van der Waals surface area (Å²) in [7, 11) is 0. The van der Waals surface area contributed by atoms with Gasteiger partial charge in [0.05, 0.1) is 6.61 Å². The lowest BCUT2D eigenvalue weighted by atomic mass is 10.2. The first-order chi connectivity index (χ1) is 7.33. The van der Waals surface area contributed by atoms with E-state index in [-0.39, 0.29) is 0 Å².